The first kappa shape index (κ1) is 23.3. The smallest absolute Gasteiger partial charge is 0.127 e. The summed E-state index contributed by atoms with van der Waals surface area (Å²) in [5, 5.41) is 4.66. The van der Waals surface area contributed by atoms with Crippen molar-refractivity contribution in [2.24, 2.45) is 5.73 Å². The third-order valence-electron chi connectivity index (χ3n) is 7.18. The van der Waals surface area contributed by atoms with Crippen LogP contribution in [0.15, 0.2) is 60.9 Å². The molecule has 5 heteroatoms. The molecule has 3 aromatic rings. The fourth-order valence-corrected chi connectivity index (χ4v) is 4.91. The molecule has 0 aliphatic heterocycles. The molecule has 5 rings (SSSR count). The van der Waals surface area contributed by atoms with Crippen LogP contribution in [-0.2, 0) is 12.1 Å². The zero-order valence-electron chi connectivity index (χ0n) is 19.9. The molecule has 4 nitrogen and oxygen atoms in total. The van der Waals surface area contributed by atoms with Crippen molar-refractivity contribution in [1.29, 1.82) is 0 Å². The summed E-state index contributed by atoms with van der Waals surface area (Å²) in [5.74, 6) is 1.44. The number of nitrogens with zero attached hydrogens (tertiary/aromatic N) is 1. The molecule has 0 saturated heterocycles. The van der Waals surface area contributed by atoms with Crippen molar-refractivity contribution in [1.82, 2.24) is 10.3 Å². The van der Waals surface area contributed by atoms with Gasteiger partial charge >= 0.3 is 0 Å². The number of nitrogens with one attached hydrogen (secondary N) is 1. The van der Waals surface area contributed by atoms with Crippen molar-refractivity contribution in [2.45, 2.75) is 69.6 Å². The number of rotatable bonds is 11. The molecule has 2 aromatic carbocycles. The summed E-state index contributed by atoms with van der Waals surface area (Å²) in [4.78, 5) is 4.50. The number of aromatic nitrogens is 1. The lowest BCUT2D eigenvalue weighted by Crippen LogP contribution is -2.29. The first-order valence-corrected chi connectivity index (χ1v) is 12.9. The molecular weight excluding hydrogens is 442 g/mol. The lowest BCUT2D eigenvalue weighted by Gasteiger charge is -2.23. The van der Waals surface area contributed by atoms with Gasteiger partial charge in [0.1, 0.15) is 5.75 Å². The number of para-hydroxylation sites is 1. The molecule has 1 atom stereocenters. The Bertz CT molecular complexity index is 1140. The summed E-state index contributed by atoms with van der Waals surface area (Å²) < 4.78 is 6.24. The number of pyridine rings is 1. The van der Waals surface area contributed by atoms with Crippen LogP contribution >= 0.6 is 11.6 Å². The van der Waals surface area contributed by atoms with E-state index in [0.29, 0.717) is 12.0 Å². The fraction of sp³-hybridized carbons (Fsp3) is 0.414. The SMILES string of the molecule is C[C@@H](CCCN)c1ccc(Cl)c(CNC2(c3cnccc3-c3ccccc3OC3CC3)CC2)c1. The van der Waals surface area contributed by atoms with Crippen LogP contribution in [0, 0.1) is 0 Å². The first-order valence-electron chi connectivity index (χ1n) is 12.5. The second-order valence-electron chi connectivity index (χ2n) is 9.85. The third-order valence-corrected chi connectivity index (χ3v) is 7.55. The highest BCUT2D eigenvalue weighted by Crippen LogP contribution is 2.50. The van der Waals surface area contributed by atoms with Gasteiger partial charge in [0.2, 0.25) is 0 Å². The van der Waals surface area contributed by atoms with E-state index in [9.17, 15) is 0 Å². The Kier molecular flexibility index (Phi) is 6.91. The average molecular weight is 476 g/mol. The van der Waals surface area contributed by atoms with E-state index >= 15 is 0 Å². The predicted octanol–water partition coefficient (Wildman–Crippen LogP) is 6.56. The minimum Gasteiger partial charge on any atom is -0.490 e. The number of ether oxygens (including phenoxy) is 1. The van der Waals surface area contributed by atoms with Crippen LogP contribution in [0.3, 0.4) is 0 Å². The standard InChI is InChI=1S/C29H34ClN3O/c1-20(5-4-15-31)21-8-11-27(30)22(17-21)18-33-29(13-14-29)26-19-32-16-12-24(26)25-6-2-3-7-28(25)34-23-9-10-23/h2-3,6-8,11-12,16-17,19-20,23,33H,4-5,9-10,13-15,18,31H2,1H3/t20-/m0/s1. The molecule has 0 bridgehead atoms. The maximum atomic E-state index is 6.61. The Balaban J connectivity index is 1.38. The molecule has 34 heavy (non-hydrogen) atoms. The van der Waals surface area contributed by atoms with E-state index in [-0.39, 0.29) is 5.54 Å². The van der Waals surface area contributed by atoms with Crippen molar-refractivity contribution in [3.63, 3.8) is 0 Å². The largest absolute Gasteiger partial charge is 0.490 e. The second kappa shape index (κ2) is 10.1. The Hall–Kier alpha value is -2.40. The molecule has 1 aromatic heterocycles. The Labute approximate surface area is 207 Å². The van der Waals surface area contributed by atoms with Crippen LogP contribution in [0.2, 0.25) is 5.02 Å². The predicted molar refractivity (Wildman–Crippen MR) is 139 cm³/mol. The summed E-state index contributed by atoms with van der Waals surface area (Å²) in [6.45, 7) is 3.73. The Morgan fingerprint density at radius 2 is 1.97 bits per heavy atom. The van der Waals surface area contributed by atoms with E-state index in [2.05, 4.69) is 59.7 Å². The van der Waals surface area contributed by atoms with Crippen molar-refractivity contribution in [2.75, 3.05) is 6.54 Å². The van der Waals surface area contributed by atoms with Crippen molar-refractivity contribution in [3.05, 3.63) is 82.6 Å². The quantitative estimate of drug-likeness (QED) is 0.329. The summed E-state index contributed by atoms with van der Waals surface area (Å²) in [6.07, 6.45) is 10.9. The van der Waals surface area contributed by atoms with Gasteiger partial charge in [-0.25, -0.2) is 0 Å². The maximum absolute atomic E-state index is 6.61. The Morgan fingerprint density at radius 3 is 2.74 bits per heavy atom. The highest BCUT2D eigenvalue weighted by molar-refractivity contribution is 6.31. The van der Waals surface area contributed by atoms with Crippen LogP contribution in [0.4, 0.5) is 0 Å². The molecule has 0 spiro atoms. The summed E-state index contributed by atoms with van der Waals surface area (Å²) in [5.41, 5.74) is 11.7. The average Bonchev–Trinajstić information content (AvgIpc) is 3.79. The lowest BCUT2D eigenvalue weighted by atomic mass is 9.93. The van der Waals surface area contributed by atoms with Gasteiger partial charge in [-0.05, 0) is 91.4 Å². The zero-order chi connectivity index (χ0) is 23.5. The number of benzene rings is 2. The van der Waals surface area contributed by atoms with Crippen molar-refractivity contribution in [3.8, 4) is 16.9 Å². The summed E-state index contributed by atoms with van der Waals surface area (Å²) in [6, 6.07) is 17.0. The van der Waals surface area contributed by atoms with E-state index < -0.39 is 0 Å². The molecule has 2 saturated carbocycles. The van der Waals surface area contributed by atoms with Gasteiger partial charge in [-0.3, -0.25) is 4.98 Å². The van der Waals surface area contributed by atoms with Crippen LogP contribution in [0.5, 0.6) is 5.75 Å². The number of hydrogen-bond donors (Lipinski definition) is 2. The Morgan fingerprint density at radius 1 is 1.15 bits per heavy atom. The molecule has 1 heterocycles. The van der Waals surface area contributed by atoms with Gasteiger partial charge in [-0.15, -0.1) is 0 Å². The zero-order valence-corrected chi connectivity index (χ0v) is 20.7. The van der Waals surface area contributed by atoms with E-state index in [0.717, 1.165) is 73.5 Å². The first-order chi connectivity index (χ1) is 16.6. The highest BCUT2D eigenvalue weighted by Gasteiger charge is 2.45. The minimum atomic E-state index is -0.0826. The highest BCUT2D eigenvalue weighted by atomic mass is 35.5. The third kappa shape index (κ3) is 5.14. The molecule has 0 amide bonds. The molecule has 178 valence electrons. The monoisotopic (exact) mass is 475 g/mol. The topological polar surface area (TPSA) is 60.2 Å². The van der Waals surface area contributed by atoms with Crippen LogP contribution in [-0.4, -0.2) is 17.6 Å². The van der Waals surface area contributed by atoms with Crippen LogP contribution in [0.1, 0.15) is 68.1 Å². The second-order valence-corrected chi connectivity index (χ2v) is 10.3. The number of nitrogens with two attached hydrogens (primary N) is 1. The molecular formula is C29H34ClN3O. The molecule has 3 N–H and O–H groups in total. The van der Waals surface area contributed by atoms with Gasteiger partial charge in [0.05, 0.1) is 6.10 Å². The summed E-state index contributed by atoms with van der Waals surface area (Å²) in [7, 11) is 0. The van der Waals surface area contributed by atoms with E-state index in [1.165, 1.54) is 16.7 Å². The molecule has 2 aliphatic rings. The van der Waals surface area contributed by atoms with Crippen molar-refractivity contribution < 1.29 is 4.74 Å². The van der Waals surface area contributed by atoms with Gasteiger partial charge in [0, 0.05) is 35.1 Å². The van der Waals surface area contributed by atoms with Gasteiger partial charge < -0.3 is 15.8 Å². The van der Waals surface area contributed by atoms with Crippen LogP contribution in [0.25, 0.3) is 11.1 Å². The lowest BCUT2D eigenvalue weighted by molar-refractivity contribution is 0.304. The fourth-order valence-electron chi connectivity index (χ4n) is 4.73. The maximum Gasteiger partial charge on any atom is 0.127 e. The van der Waals surface area contributed by atoms with E-state index in [1.807, 2.05) is 18.5 Å². The molecule has 2 aliphatic carbocycles. The van der Waals surface area contributed by atoms with Gasteiger partial charge in [-0.1, -0.05) is 48.9 Å². The number of hydrogen-bond acceptors (Lipinski definition) is 4. The van der Waals surface area contributed by atoms with E-state index in [4.69, 9.17) is 22.1 Å². The molecule has 2 fully saturated rings. The number of halogens is 1. The molecule has 0 radical (unpaired) electrons. The van der Waals surface area contributed by atoms with Crippen molar-refractivity contribution >= 4 is 11.6 Å². The summed E-state index contributed by atoms with van der Waals surface area (Å²) >= 11 is 6.61. The van der Waals surface area contributed by atoms with Gasteiger partial charge in [0.15, 0.2) is 0 Å². The normalized spacial score (nSPS) is 17.4. The van der Waals surface area contributed by atoms with Crippen LogP contribution < -0.4 is 15.8 Å². The molecule has 0 unspecified atom stereocenters. The van der Waals surface area contributed by atoms with Gasteiger partial charge in [0.25, 0.3) is 0 Å². The van der Waals surface area contributed by atoms with Gasteiger partial charge in [-0.2, -0.15) is 0 Å². The van der Waals surface area contributed by atoms with E-state index in [1.54, 1.807) is 0 Å². The minimum absolute atomic E-state index is 0.0826.